The quantitative estimate of drug-likeness (QED) is 0.414. The van der Waals surface area contributed by atoms with Gasteiger partial charge < -0.3 is 4.74 Å². The summed E-state index contributed by atoms with van der Waals surface area (Å²) in [7, 11) is 0. The van der Waals surface area contributed by atoms with Crippen molar-refractivity contribution in [2.75, 3.05) is 0 Å². The van der Waals surface area contributed by atoms with Crippen LogP contribution < -0.4 is 4.84 Å². The number of carbonyl (C=O) groups excluding carboxylic acids is 1. The summed E-state index contributed by atoms with van der Waals surface area (Å²) in [6.07, 6.45) is -11.5. The molecule has 0 aliphatic rings. The van der Waals surface area contributed by atoms with Crippen LogP contribution in [0.2, 0.25) is 0 Å². The summed E-state index contributed by atoms with van der Waals surface area (Å²) >= 11 is 16.0. The van der Waals surface area contributed by atoms with Crippen molar-refractivity contribution >= 4 is 40.9 Å². The molecule has 0 radical (unpaired) electrons. The van der Waals surface area contributed by atoms with E-state index in [0.29, 0.717) is 12.1 Å². The van der Waals surface area contributed by atoms with Crippen LogP contribution in [0.15, 0.2) is 18.2 Å². The zero-order valence-corrected chi connectivity index (χ0v) is 13.8. The predicted octanol–water partition coefficient (Wildman–Crippen LogP) is 5.20. The lowest BCUT2D eigenvalue weighted by atomic mass is 10.0. The minimum atomic E-state index is -5.03. The maximum Gasteiger partial charge on any atom is 0.416 e. The standard InChI is InChI=1S/C12H8Cl3F6NO2/c1-5(24-10(13,14)9(23)22-15)6-2-7(11(16,17)18)4-8(3-6)12(19,20)21/h2-5H,1H3,(H,22,23)/t5-/m1/s1. The summed E-state index contributed by atoms with van der Waals surface area (Å²) in [5.41, 5.74) is -3.62. The summed E-state index contributed by atoms with van der Waals surface area (Å²) in [5.74, 6) is -1.26. The van der Waals surface area contributed by atoms with Crippen LogP contribution in [0.1, 0.15) is 29.7 Å². The Morgan fingerprint density at radius 2 is 1.46 bits per heavy atom. The first-order chi connectivity index (χ1) is 10.7. The number of rotatable bonds is 4. The number of hydrogen-bond donors (Lipinski definition) is 1. The molecular weight excluding hydrogens is 410 g/mol. The molecule has 0 aliphatic carbocycles. The second-order valence-electron chi connectivity index (χ2n) is 4.54. The van der Waals surface area contributed by atoms with E-state index in [-0.39, 0.29) is 6.07 Å². The molecule has 24 heavy (non-hydrogen) atoms. The van der Waals surface area contributed by atoms with Crippen LogP contribution in [0.4, 0.5) is 26.3 Å². The Labute approximate surface area is 146 Å². The topological polar surface area (TPSA) is 38.3 Å². The fourth-order valence-electron chi connectivity index (χ4n) is 1.61. The van der Waals surface area contributed by atoms with Gasteiger partial charge in [-0.15, -0.1) is 0 Å². The molecule has 12 heteroatoms. The highest BCUT2D eigenvalue weighted by Gasteiger charge is 2.40. The van der Waals surface area contributed by atoms with Crippen molar-refractivity contribution in [1.29, 1.82) is 0 Å². The molecule has 0 aliphatic heterocycles. The third kappa shape index (κ3) is 5.30. The van der Waals surface area contributed by atoms with E-state index in [1.807, 2.05) is 0 Å². The highest BCUT2D eigenvalue weighted by atomic mass is 35.5. The number of ether oxygens (including phenoxy) is 1. The van der Waals surface area contributed by atoms with Crippen LogP contribution in [0.25, 0.3) is 0 Å². The molecule has 1 N–H and O–H groups in total. The molecule has 136 valence electrons. The number of carbonyl (C=O) groups is 1. The summed E-state index contributed by atoms with van der Waals surface area (Å²) < 4.78 is 78.9. The lowest BCUT2D eigenvalue weighted by Crippen LogP contribution is -2.37. The first-order valence-corrected chi connectivity index (χ1v) is 7.08. The van der Waals surface area contributed by atoms with E-state index in [1.54, 1.807) is 0 Å². The third-order valence-corrected chi connectivity index (χ3v) is 3.45. The van der Waals surface area contributed by atoms with E-state index in [9.17, 15) is 31.1 Å². The zero-order chi connectivity index (χ0) is 18.9. The summed E-state index contributed by atoms with van der Waals surface area (Å²) in [6, 6.07) is 0.820. The minimum Gasteiger partial charge on any atom is -0.331 e. The highest BCUT2D eigenvalue weighted by molar-refractivity contribution is 6.57. The van der Waals surface area contributed by atoms with Crippen LogP contribution in [0.5, 0.6) is 0 Å². The van der Waals surface area contributed by atoms with Gasteiger partial charge in [0.2, 0.25) is 0 Å². The molecule has 0 bridgehead atoms. The average molecular weight is 419 g/mol. The highest BCUT2D eigenvalue weighted by Crippen LogP contribution is 2.39. The molecular formula is C12H8Cl3F6NO2. The maximum atomic E-state index is 12.8. The van der Waals surface area contributed by atoms with Crippen LogP contribution in [-0.4, -0.2) is 10.4 Å². The maximum absolute atomic E-state index is 12.8. The second kappa shape index (κ2) is 7.15. The Bertz CT molecular complexity index is 586. The van der Waals surface area contributed by atoms with Gasteiger partial charge in [0.25, 0.3) is 10.4 Å². The van der Waals surface area contributed by atoms with E-state index in [2.05, 4.69) is 0 Å². The fourth-order valence-corrected chi connectivity index (χ4v) is 2.20. The molecule has 1 amide bonds. The molecule has 1 aromatic rings. The molecule has 1 aromatic carbocycles. The molecule has 1 rings (SSSR count). The fraction of sp³-hybridized carbons (Fsp3) is 0.417. The number of halogens is 9. The van der Waals surface area contributed by atoms with Gasteiger partial charge in [-0.2, -0.15) is 26.3 Å². The zero-order valence-electron chi connectivity index (χ0n) is 11.5. The smallest absolute Gasteiger partial charge is 0.331 e. The third-order valence-electron chi connectivity index (χ3n) is 2.75. The lowest BCUT2D eigenvalue weighted by Gasteiger charge is -2.24. The summed E-state index contributed by atoms with van der Waals surface area (Å²) in [4.78, 5) is 12.8. The van der Waals surface area contributed by atoms with Gasteiger partial charge in [0.1, 0.15) is 0 Å². The summed E-state index contributed by atoms with van der Waals surface area (Å²) in [6.45, 7) is 1.07. The number of hydrogen-bond acceptors (Lipinski definition) is 2. The Hall–Kier alpha value is -0.900. The van der Waals surface area contributed by atoms with Gasteiger partial charge in [-0.3, -0.25) is 9.63 Å². The van der Waals surface area contributed by atoms with E-state index in [4.69, 9.17) is 39.7 Å². The van der Waals surface area contributed by atoms with Gasteiger partial charge in [-0.25, -0.2) is 0 Å². The van der Waals surface area contributed by atoms with Crippen molar-refractivity contribution in [1.82, 2.24) is 4.84 Å². The predicted molar refractivity (Wildman–Crippen MR) is 74.4 cm³/mol. The van der Waals surface area contributed by atoms with E-state index in [0.717, 1.165) is 6.92 Å². The SMILES string of the molecule is C[C@@H](OC(Cl)(Cl)C(=O)NCl)c1cc(C(F)(F)F)cc(C(F)(F)F)c1. The molecule has 0 fully saturated rings. The van der Waals surface area contributed by atoms with Crippen LogP contribution in [0.3, 0.4) is 0 Å². The van der Waals surface area contributed by atoms with E-state index >= 15 is 0 Å². The van der Waals surface area contributed by atoms with Gasteiger partial charge >= 0.3 is 12.4 Å². The van der Waals surface area contributed by atoms with Crippen molar-refractivity contribution in [2.45, 2.75) is 29.9 Å². The van der Waals surface area contributed by atoms with E-state index < -0.39 is 45.6 Å². The van der Waals surface area contributed by atoms with Gasteiger partial charge in [0.15, 0.2) is 0 Å². The molecule has 3 nitrogen and oxygen atoms in total. The number of alkyl halides is 8. The van der Waals surface area contributed by atoms with Gasteiger partial charge in [-0.1, -0.05) is 23.2 Å². The van der Waals surface area contributed by atoms with Crippen LogP contribution in [-0.2, 0) is 21.9 Å². The van der Waals surface area contributed by atoms with Crippen molar-refractivity contribution in [3.63, 3.8) is 0 Å². The van der Waals surface area contributed by atoms with Gasteiger partial charge in [-0.05, 0) is 30.7 Å². The Morgan fingerprint density at radius 1 is 1.04 bits per heavy atom. The monoisotopic (exact) mass is 417 g/mol. The molecule has 0 heterocycles. The minimum absolute atomic E-state index is 0.0453. The van der Waals surface area contributed by atoms with Crippen molar-refractivity contribution in [3.8, 4) is 0 Å². The van der Waals surface area contributed by atoms with Crippen molar-refractivity contribution in [3.05, 3.63) is 34.9 Å². The molecule has 1 atom stereocenters. The van der Waals surface area contributed by atoms with Crippen molar-refractivity contribution in [2.24, 2.45) is 0 Å². The molecule has 0 saturated heterocycles. The largest absolute Gasteiger partial charge is 0.416 e. The van der Waals surface area contributed by atoms with Crippen molar-refractivity contribution < 1.29 is 35.9 Å². The average Bonchev–Trinajstić information content (AvgIpc) is 2.43. The number of benzene rings is 1. The normalized spacial score (nSPS) is 14.4. The molecule has 0 spiro atoms. The molecule has 0 unspecified atom stereocenters. The Kier molecular flexibility index (Phi) is 6.30. The van der Waals surface area contributed by atoms with Crippen LogP contribution >= 0.6 is 35.0 Å². The Balaban J connectivity index is 3.30. The van der Waals surface area contributed by atoms with E-state index in [1.165, 1.54) is 4.84 Å². The Morgan fingerprint density at radius 3 is 1.79 bits per heavy atom. The summed E-state index contributed by atoms with van der Waals surface area (Å²) in [5, 5.41) is 0. The number of nitrogens with one attached hydrogen (secondary N) is 1. The first kappa shape index (κ1) is 21.1. The first-order valence-electron chi connectivity index (χ1n) is 5.94. The molecule has 0 saturated carbocycles. The molecule has 0 aromatic heterocycles. The second-order valence-corrected chi connectivity index (χ2v) is 5.99. The van der Waals surface area contributed by atoms with Gasteiger partial charge in [0.05, 0.1) is 17.2 Å². The lowest BCUT2D eigenvalue weighted by molar-refractivity contribution is -0.143. The van der Waals surface area contributed by atoms with Crippen LogP contribution in [0, 0.1) is 0 Å². The van der Waals surface area contributed by atoms with Gasteiger partial charge in [0, 0.05) is 11.8 Å². The number of amides is 1.